The van der Waals surface area contributed by atoms with Crippen LogP contribution in [-0.2, 0) is 31.5 Å². The van der Waals surface area contributed by atoms with Gasteiger partial charge in [-0.05, 0) is 56.4 Å². The molecular weight excluding hydrogens is 446 g/mol. The first-order valence-electron chi connectivity index (χ1n) is 12.9. The molecule has 5 aromatic rings. The standard InChI is InChI=1S/C30H33N5O/c1-6-20-9-8-10-21(7-2)27(20)35-28(23-12-11-19(3)26-22(23)13-14-32-26)24-17-34(18-25-31-15-16-36-25)30(4,5)29(24)33-35/h8-16,32H,6-7,17-18H2,1-5H3. The zero-order chi connectivity index (χ0) is 25.0. The van der Waals surface area contributed by atoms with Gasteiger partial charge in [-0.3, -0.25) is 4.90 Å². The molecule has 1 N–H and O–H groups in total. The van der Waals surface area contributed by atoms with Gasteiger partial charge in [0.05, 0.1) is 35.4 Å². The highest BCUT2D eigenvalue weighted by Gasteiger charge is 2.43. The minimum absolute atomic E-state index is 0.265. The van der Waals surface area contributed by atoms with Crippen LogP contribution in [0.3, 0.4) is 0 Å². The summed E-state index contributed by atoms with van der Waals surface area (Å²) in [6.45, 7) is 12.6. The molecular formula is C30H33N5O. The first-order chi connectivity index (χ1) is 17.4. The van der Waals surface area contributed by atoms with Crippen LogP contribution in [0.2, 0.25) is 0 Å². The van der Waals surface area contributed by atoms with Crippen molar-refractivity contribution in [2.75, 3.05) is 0 Å². The smallest absolute Gasteiger partial charge is 0.208 e. The van der Waals surface area contributed by atoms with Crippen molar-refractivity contribution >= 4 is 10.9 Å². The van der Waals surface area contributed by atoms with Crippen LogP contribution in [0.15, 0.2) is 59.5 Å². The molecule has 0 radical (unpaired) electrons. The third kappa shape index (κ3) is 3.35. The summed E-state index contributed by atoms with van der Waals surface area (Å²) in [6.07, 6.45) is 7.32. The maximum Gasteiger partial charge on any atom is 0.208 e. The summed E-state index contributed by atoms with van der Waals surface area (Å²) in [5, 5.41) is 6.65. The molecule has 6 heteroatoms. The number of fused-ring (bicyclic) bond motifs is 2. The number of aryl methyl sites for hydroxylation is 3. The number of aromatic amines is 1. The fraction of sp³-hybridized carbons (Fsp3) is 0.333. The van der Waals surface area contributed by atoms with Crippen LogP contribution in [0.25, 0.3) is 27.8 Å². The molecule has 3 aromatic heterocycles. The number of H-pyrrole nitrogens is 1. The molecule has 6 rings (SSSR count). The Bertz CT molecular complexity index is 1530. The van der Waals surface area contributed by atoms with E-state index >= 15 is 0 Å². The minimum Gasteiger partial charge on any atom is -0.448 e. The van der Waals surface area contributed by atoms with E-state index in [0.29, 0.717) is 6.54 Å². The van der Waals surface area contributed by atoms with E-state index in [-0.39, 0.29) is 5.54 Å². The molecule has 0 amide bonds. The van der Waals surface area contributed by atoms with Gasteiger partial charge in [-0.1, -0.05) is 44.2 Å². The van der Waals surface area contributed by atoms with Gasteiger partial charge in [0.2, 0.25) is 5.89 Å². The van der Waals surface area contributed by atoms with Crippen molar-refractivity contribution in [1.29, 1.82) is 0 Å². The van der Waals surface area contributed by atoms with Gasteiger partial charge < -0.3 is 9.40 Å². The quantitative estimate of drug-likeness (QED) is 0.295. The Morgan fingerprint density at radius 1 is 1.06 bits per heavy atom. The van der Waals surface area contributed by atoms with Crippen LogP contribution < -0.4 is 0 Å². The van der Waals surface area contributed by atoms with Crippen LogP contribution in [0, 0.1) is 6.92 Å². The van der Waals surface area contributed by atoms with Crippen molar-refractivity contribution in [3.63, 3.8) is 0 Å². The molecule has 0 unspecified atom stereocenters. The molecule has 36 heavy (non-hydrogen) atoms. The van der Waals surface area contributed by atoms with E-state index in [4.69, 9.17) is 9.52 Å². The highest BCUT2D eigenvalue weighted by atomic mass is 16.3. The van der Waals surface area contributed by atoms with Gasteiger partial charge in [0.15, 0.2) is 0 Å². The maximum atomic E-state index is 5.61. The Hall–Kier alpha value is -3.64. The zero-order valence-electron chi connectivity index (χ0n) is 21.7. The summed E-state index contributed by atoms with van der Waals surface area (Å²) in [4.78, 5) is 10.3. The lowest BCUT2D eigenvalue weighted by Gasteiger charge is -2.30. The first-order valence-corrected chi connectivity index (χ1v) is 12.9. The number of benzene rings is 2. The van der Waals surface area contributed by atoms with Crippen LogP contribution in [-0.4, -0.2) is 24.6 Å². The van der Waals surface area contributed by atoms with E-state index in [1.807, 2.05) is 6.20 Å². The molecule has 0 spiro atoms. The summed E-state index contributed by atoms with van der Waals surface area (Å²) in [5.41, 5.74) is 10.9. The van der Waals surface area contributed by atoms with Crippen LogP contribution in [0.4, 0.5) is 0 Å². The third-order valence-corrected chi connectivity index (χ3v) is 7.88. The van der Waals surface area contributed by atoms with Gasteiger partial charge in [-0.25, -0.2) is 9.67 Å². The third-order valence-electron chi connectivity index (χ3n) is 7.88. The SMILES string of the molecule is CCc1cccc(CC)c1-n1nc2c(c1-c1ccc(C)c3[nH]ccc13)CN(Cc1ncco1)C2(C)C. The molecule has 0 saturated heterocycles. The lowest BCUT2D eigenvalue weighted by molar-refractivity contribution is 0.110. The number of oxazole rings is 1. The molecule has 4 heterocycles. The van der Waals surface area contributed by atoms with E-state index in [0.717, 1.165) is 31.0 Å². The topological polar surface area (TPSA) is 62.9 Å². The predicted octanol–water partition coefficient (Wildman–Crippen LogP) is 6.69. The largest absolute Gasteiger partial charge is 0.448 e. The maximum absolute atomic E-state index is 5.61. The van der Waals surface area contributed by atoms with E-state index < -0.39 is 0 Å². The van der Waals surface area contributed by atoms with Crippen molar-refractivity contribution in [2.24, 2.45) is 0 Å². The highest BCUT2D eigenvalue weighted by Crippen LogP contribution is 2.46. The molecule has 0 aliphatic carbocycles. The summed E-state index contributed by atoms with van der Waals surface area (Å²) in [5.74, 6) is 0.732. The van der Waals surface area contributed by atoms with Crippen molar-refractivity contribution < 1.29 is 4.42 Å². The van der Waals surface area contributed by atoms with E-state index in [9.17, 15) is 0 Å². The molecule has 1 aliphatic rings. The van der Waals surface area contributed by atoms with E-state index in [2.05, 4.69) is 90.6 Å². The molecule has 1 aliphatic heterocycles. The lowest BCUT2D eigenvalue weighted by atomic mass is 9.96. The molecule has 184 valence electrons. The number of nitrogens with zero attached hydrogens (tertiary/aromatic N) is 4. The molecule has 0 saturated carbocycles. The van der Waals surface area contributed by atoms with E-state index in [1.165, 1.54) is 50.1 Å². The average Bonchev–Trinajstić information content (AvgIpc) is 3.66. The van der Waals surface area contributed by atoms with Crippen molar-refractivity contribution in [1.82, 2.24) is 24.6 Å². The van der Waals surface area contributed by atoms with Crippen molar-refractivity contribution in [2.45, 2.75) is 66.1 Å². The number of para-hydroxylation sites is 1. The van der Waals surface area contributed by atoms with Crippen LogP contribution in [0.5, 0.6) is 0 Å². The number of hydrogen-bond donors (Lipinski definition) is 1. The second-order valence-corrected chi connectivity index (χ2v) is 10.3. The molecule has 6 nitrogen and oxygen atoms in total. The Kier molecular flexibility index (Phi) is 5.38. The van der Waals surface area contributed by atoms with Gasteiger partial charge >= 0.3 is 0 Å². The second-order valence-electron chi connectivity index (χ2n) is 10.3. The predicted molar refractivity (Wildman–Crippen MR) is 143 cm³/mol. The summed E-state index contributed by atoms with van der Waals surface area (Å²) >= 11 is 0. The van der Waals surface area contributed by atoms with Gasteiger partial charge in [-0.15, -0.1) is 0 Å². The van der Waals surface area contributed by atoms with Gasteiger partial charge in [0.25, 0.3) is 0 Å². The lowest BCUT2D eigenvalue weighted by Crippen LogP contribution is -2.36. The molecule has 0 atom stereocenters. The zero-order valence-corrected chi connectivity index (χ0v) is 21.7. The highest BCUT2D eigenvalue weighted by molar-refractivity contribution is 5.97. The normalized spacial score (nSPS) is 15.1. The Morgan fingerprint density at radius 3 is 2.53 bits per heavy atom. The summed E-state index contributed by atoms with van der Waals surface area (Å²) in [6, 6.07) is 13.3. The Morgan fingerprint density at radius 2 is 1.83 bits per heavy atom. The number of nitrogens with one attached hydrogen (secondary N) is 1. The van der Waals surface area contributed by atoms with Gasteiger partial charge in [-0.2, -0.15) is 5.10 Å². The second kappa shape index (κ2) is 8.49. The summed E-state index contributed by atoms with van der Waals surface area (Å²) < 4.78 is 7.86. The molecule has 0 fully saturated rings. The monoisotopic (exact) mass is 479 g/mol. The molecule has 2 aromatic carbocycles. The van der Waals surface area contributed by atoms with E-state index in [1.54, 1.807) is 12.5 Å². The Balaban J connectivity index is 1.63. The number of rotatable bonds is 6. The minimum atomic E-state index is -0.265. The number of hydrogen-bond acceptors (Lipinski definition) is 4. The van der Waals surface area contributed by atoms with Crippen molar-refractivity contribution in [3.8, 4) is 16.9 Å². The average molecular weight is 480 g/mol. The first kappa shape index (κ1) is 22.8. The van der Waals surface area contributed by atoms with Gasteiger partial charge in [0.1, 0.15) is 6.26 Å². The van der Waals surface area contributed by atoms with Crippen LogP contribution >= 0.6 is 0 Å². The van der Waals surface area contributed by atoms with Gasteiger partial charge in [0, 0.05) is 34.8 Å². The number of aromatic nitrogens is 4. The van der Waals surface area contributed by atoms with Crippen LogP contribution in [0.1, 0.15) is 61.5 Å². The fourth-order valence-electron chi connectivity index (χ4n) is 5.81. The molecule has 0 bridgehead atoms. The fourth-order valence-corrected chi connectivity index (χ4v) is 5.81. The Labute approximate surface area is 212 Å². The van der Waals surface area contributed by atoms with Crippen molar-refractivity contribution in [3.05, 3.63) is 88.9 Å². The summed E-state index contributed by atoms with van der Waals surface area (Å²) in [7, 11) is 0.